The van der Waals surface area contributed by atoms with Gasteiger partial charge in [0.1, 0.15) is 18.2 Å². The van der Waals surface area contributed by atoms with Crippen LogP contribution < -0.4 is 9.47 Å². The van der Waals surface area contributed by atoms with Gasteiger partial charge >= 0.3 is 5.97 Å². The van der Waals surface area contributed by atoms with Crippen LogP contribution in [0.4, 0.5) is 0 Å². The second-order valence-corrected chi connectivity index (χ2v) is 5.52. The van der Waals surface area contributed by atoms with Gasteiger partial charge in [-0.15, -0.1) is 0 Å². The molecular weight excluding hydrogens is 330 g/mol. The van der Waals surface area contributed by atoms with Crippen molar-refractivity contribution in [2.45, 2.75) is 20.5 Å². The molecule has 2 aromatic rings. The van der Waals surface area contributed by atoms with Crippen LogP contribution in [0.1, 0.15) is 23.6 Å². The maximum atomic E-state index is 11.7. The second-order valence-electron chi connectivity index (χ2n) is 5.52. The van der Waals surface area contributed by atoms with Crippen LogP contribution >= 0.6 is 0 Å². The maximum absolute atomic E-state index is 11.7. The lowest BCUT2D eigenvalue weighted by Gasteiger charge is -2.12. The molecule has 0 spiro atoms. The first-order valence-electron chi connectivity index (χ1n) is 8.23. The van der Waals surface area contributed by atoms with Crippen LogP contribution in [0.2, 0.25) is 0 Å². The molecule has 0 aliphatic rings. The number of benzene rings is 2. The third-order valence-corrected chi connectivity index (χ3v) is 3.76. The normalized spacial score (nSPS) is 10.8. The molecule has 0 bridgehead atoms. The molecule has 0 unspecified atom stereocenters. The van der Waals surface area contributed by atoms with Crippen molar-refractivity contribution in [3.8, 4) is 17.6 Å². The maximum Gasteiger partial charge on any atom is 0.348 e. The van der Waals surface area contributed by atoms with Crippen molar-refractivity contribution >= 4 is 12.0 Å². The van der Waals surface area contributed by atoms with Crippen LogP contribution in [-0.2, 0) is 16.1 Å². The highest BCUT2D eigenvalue weighted by Crippen LogP contribution is 2.30. The third kappa shape index (κ3) is 4.87. The van der Waals surface area contributed by atoms with Crippen molar-refractivity contribution in [1.29, 1.82) is 5.26 Å². The molecule has 0 aliphatic carbocycles. The molecule has 0 saturated carbocycles. The minimum Gasteiger partial charge on any atom is -0.493 e. The average Bonchev–Trinajstić information content (AvgIpc) is 2.66. The number of hydrogen-bond acceptors (Lipinski definition) is 5. The molecule has 5 heteroatoms. The molecule has 0 aliphatic heterocycles. The van der Waals surface area contributed by atoms with E-state index in [2.05, 4.69) is 0 Å². The van der Waals surface area contributed by atoms with Crippen LogP contribution in [-0.4, -0.2) is 19.7 Å². The summed E-state index contributed by atoms with van der Waals surface area (Å²) in [6, 6.07) is 15.1. The SMILES string of the molecule is CCOC(=O)/C(C#N)=C\c1ccc(OCc2ccccc2C)c(OC)c1. The van der Waals surface area contributed by atoms with Crippen LogP contribution in [0.15, 0.2) is 48.0 Å². The van der Waals surface area contributed by atoms with E-state index < -0.39 is 5.97 Å². The predicted octanol–water partition coefficient (Wildman–Crippen LogP) is 4.05. The van der Waals surface area contributed by atoms with Gasteiger partial charge in [-0.3, -0.25) is 0 Å². The van der Waals surface area contributed by atoms with E-state index >= 15 is 0 Å². The largest absolute Gasteiger partial charge is 0.493 e. The van der Waals surface area contributed by atoms with E-state index in [1.165, 1.54) is 6.08 Å². The zero-order chi connectivity index (χ0) is 18.9. The fourth-order valence-electron chi connectivity index (χ4n) is 2.33. The van der Waals surface area contributed by atoms with Gasteiger partial charge in [-0.1, -0.05) is 30.3 Å². The Hall–Kier alpha value is -3.26. The monoisotopic (exact) mass is 351 g/mol. The van der Waals surface area contributed by atoms with Crippen molar-refractivity contribution in [1.82, 2.24) is 0 Å². The van der Waals surface area contributed by atoms with Crippen molar-refractivity contribution in [3.05, 3.63) is 64.7 Å². The van der Waals surface area contributed by atoms with E-state index in [1.54, 1.807) is 32.2 Å². The average molecular weight is 351 g/mol. The molecule has 2 aromatic carbocycles. The Morgan fingerprint density at radius 3 is 2.62 bits per heavy atom. The lowest BCUT2D eigenvalue weighted by molar-refractivity contribution is -0.137. The van der Waals surface area contributed by atoms with Gasteiger partial charge in [0.05, 0.1) is 13.7 Å². The lowest BCUT2D eigenvalue weighted by atomic mass is 10.1. The first-order chi connectivity index (χ1) is 12.6. The Morgan fingerprint density at radius 1 is 1.19 bits per heavy atom. The number of esters is 1. The molecule has 0 N–H and O–H groups in total. The standard InChI is InChI=1S/C21H21NO4/c1-4-25-21(23)18(13-22)11-16-9-10-19(20(12-16)24-3)26-14-17-8-6-5-7-15(17)2/h5-12H,4,14H2,1-3H3/b18-11-. The highest BCUT2D eigenvalue weighted by atomic mass is 16.5. The summed E-state index contributed by atoms with van der Waals surface area (Å²) in [5, 5.41) is 9.13. The van der Waals surface area contributed by atoms with Gasteiger partial charge in [-0.2, -0.15) is 5.26 Å². The van der Waals surface area contributed by atoms with Crippen LogP contribution in [0.5, 0.6) is 11.5 Å². The number of rotatable bonds is 7. The van der Waals surface area contributed by atoms with E-state index in [4.69, 9.17) is 19.5 Å². The van der Waals surface area contributed by atoms with Gasteiger partial charge in [0.2, 0.25) is 0 Å². The number of nitriles is 1. The predicted molar refractivity (Wildman–Crippen MR) is 98.7 cm³/mol. The van der Waals surface area contributed by atoms with Gasteiger partial charge < -0.3 is 14.2 Å². The van der Waals surface area contributed by atoms with Crippen LogP contribution in [0, 0.1) is 18.3 Å². The lowest BCUT2D eigenvalue weighted by Crippen LogP contribution is -2.06. The van der Waals surface area contributed by atoms with Gasteiger partial charge in [0.15, 0.2) is 11.5 Å². The summed E-state index contributed by atoms with van der Waals surface area (Å²) >= 11 is 0. The summed E-state index contributed by atoms with van der Waals surface area (Å²) in [5.41, 5.74) is 2.82. The van der Waals surface area contributed by atoms with Gasteiger partial charge in [0, 0.05) is 0 Å². The van der Waals surface area contributed by atoms with Gasteiger partial charge in [-0.25, -0.2) is 4.79 Å². The molecule has 0 fully saturated rings. The molecule has 134 valence electrons. The number of nitrogens with zero attached hydrogens (tertiary/aromatic N) is 1. The number of aryl methyl sites for hydroxylation is 1. The third-order valence-electron chi connectivity index (χ3n) is 3.76. The smallest absolute Gasteiger partial charge is 0.348 e. The highest BCUT2D eigenvalue weighted by molar-refractivity contribution is 5.97. The van der Waals surface area contributed by atoms with Crippen molar-refractivity contribution in [2.24, 2.45) is 0 Å². The highest BCUT2D eigenvalue weighted by Gasteiger charge is 2.11. The quantitative estimate of drug-likeness (QED) is 0.427. The van der Waals surface area contributed by atoms with Crippen LogP contribution in [0.3, 0.4) is 0 Å². The summed E-state index contributed by atoms with van der Waals surface area (Å²) in [6.45, 7) is 4.36. The number of carbonyl (C=O) groups excluding carboxylic acids is 1. The molecule has 0 aromatic heterocycles. The van der Waals surface area contributed by atoms with Gasteiger partial charge in [-0.05, 0) is 48.7 Å². The van der Waals surface area contributed by atoms with E-state index in [9.17, 15) is 4.79 Å². The zero-order valence-electron chi connectivity index (χ0n) is 15.1. The Bertz CT molecular complexity index is 849. The van der Waals surface area contributed by atoms with Crippen LogP contribution in [0.25, 0.3) is 6.08 Å². The first-order valence-corrected chi connectivity index (χ1v) is 8.23. The number of ether oxygens (including phenoxy) is 3. The molecule has 2 rings (SSSR count). The van der Waals surface area contributed by atoms with E-state index in [0.29, 0.717) is 23.7 Å². The Kier molecular flexibility index (Phi) is 6.81. The van der Waals surface area contributed by atoms with Crippen molar-refractivity contribution in [2.75, 3.05) is 13.7 Å². The molecule has 0 atom stereocenters. The van der Waals surface area contributed by atoms with E-state index in [1.807, 2.05) is 37.3 Å². The Balaban J connectivity index is 2.20. The number of hydrogen-bond donors (Lipinski definition) is 0. The van der Waals surface area contributed by atoms with E-state index in [0.717, 1.165) is 11.1 Å². The Labute approximate surface area is 153 Å². The van der Waals surface area contributed by atoms with Crippen molar-refractivity contribution < 1.29 is 19.0 Å². The zero-order valence-corrected chi connectivity index (χ0v) is 15.1. The van der Waals surface area contributed by atoms with E-state index in [-0.39, 0.29) is 12.2 Å². The summed E-state index contributed by atoms with van der Waals surface area (Å²) in [6.07, 6.45) is 1.46. The summed E-state index contributed by atoms with van der Waals surface area (Å²) < 4.78 is 16.1. The molecule has 0 heterocycles. The minimum absolute atomic E-state index is 0.0671. The fourth-order valence-corrected chi connectivity index (χ4v) is 2.33. The fraction of sp³-hybridized carbons (Fsp3) is 0.238. The number of methoxy groups -OCH3 is 1. The second kappa shape index (κ2) is 9.28. The molecule has 0 radical (unpaired) electrons. The summed E-state index contributed by atoms with van der Waals surface area (Å²) in [5.74, 6) is 0.463. The minimum atomic E-state index is -0.645. The van der Waals surface area contributed by atoms with Gasteiger partial charge in [0.25, 0.3) is 0 Å². The summed E-state index contributed by atoms with van der Waals surface area (Å²) in [7, 11) is 1.54. The molecule has 26 heavy (non-hydrogen) atoms. The molecule has 0 amide bonds. The van der Waals surface area contributed by atoms with Crippen molar-refractivity contribution in [3.63, 3.8) is 0 Å². The number of carbonyl (C=O) groups is 1. The summed E-state index contributed by atoms with van der Waals surface area (Å²) in [4.78, 5) is 11.7. The topological polar surface area (TPSA) is 68.6 Å². The molecule has 0 saturated heterocycles. The first kappa shape index (κ1) is 19.1. The molecule has 5 nitrogen and oxygen atoms in total. The molecular formula is C21H21NO4. The Morgan fingerprint density at radius 2 is 1.96 bits per heavy atom.